The largest absolute Gasteiger partial charge is 0.452 e. The molecule has 0 aromatic carbocycles. The van der Waals surface area contributed by atoms with Crippen molar-refractivity contribution in [3.63, 3.8) is 0 Å². The summed E-state index contributed by atoms with van der Waals surface area (Å²) in [6.45, 7) is 2.95. The molecule has 88 valence electrons. The Bertz CT molecular complexity index is 375. The molecule has 1 fully saturated rings. The molecule has 1 aliphatic heterocycles. The molecule has 2 heterocycles. The highest BCUT2D eigenvalue weighted by Gasteiger charge is 2.28. The van der Waals surface area contributed by atoms with E-state index in [1.54, 1.807) is 6.07 Å². The Morgan fingerprint density at radius 3 is 3.06 bits per heavy atom. The first-order valence-electron chi connectivity index (χ1n) is 5.78. The van der Waals surface area contributed by atoms with Crippen molar-refractivity contribution in [2.45, 2.75) is 38.6 Å². The van der Waals surface area contributed by atoms with Gasteiger partial charge in [-0.25, -0.2) is 0 Å². The molecule has 1 aliphatic rings. The maximum absolute atomic E-state index is 12.2. The van der Waals surface area contributed by atoms with Crippen LogP contribution in [0.5, 0.6) is 0 Å². The van der Waals surface area contributed by atoms with Crippen LogP contribution in [0.25, 0.3) is 0 Å². The van der Waals surface area contributed by atoms with Crippen LogP contribution >= 0.6 is 11.6 Å². The lowest BCUT2D eigenvalue weighted by molar-refractivity contribution is 0.0607. The molecule has 1 aromatic rings. The van der Waals surface area contributed by atoms with Gasteiger partial charge in [0.1, 0.15) is 0 Å². The Morgan fingerprint density at radius 2 is 2.44 bits per heavy atom. The number of rotatable bonds is 2. The second-order valence-electron chi connectivity index (χ2n) is 4.16. The number of amides is 1. The zero-order valence-corrected chi connectivity index (χ0v) is 10.2. The molecule has 0 aliphatic carbocycles. The number of likely N-dealkylation sites (tertiary alicyclic amines) is 1. The number of piperidine rings is 1. The third-order valence-electron chi connectivity index (χ3n) is 3.21. The van der Waals surface area contributed by atoms with Gasteiger partial charge in [-0.05, 0) is 43.4 Å². The Morgan fingerprint density at radius 1 is 1.62 bits per heavy atom. The van der Waals surface area contributed by atoms with E-state index in [0.717, 1.165) is 25.8 Å². The predicted octanol–water partition coefficient (Wildman–Crippen LogP) is 3.34. The minimum atomic E-state index is 0.00491. The average molecular weight is 242 g/mol. The summed E-state index contributed by atoms with van der Waals surface area (Å²) in [4.78, 5) is 14.2. The highest BCUT2D eigenvalue weighted by atomic mass is 35.5. The van der Waals surface area contributed by atoms with E-state index >= 15 is 0 Å². The summed E-state index contributed by atoms with van der Waals surface area (Å²) in [5, 5.41) is 0.199. The van der Waals surface area contributed by atoms with Gasteiger partial charge in [0, 0.05) is 12.6 Å². The van der Waals surface area contributed by atoms with E-state index in [0.29, 0.717) is 11.6 Å². The van der Waals surface area contributed by atoms with Gasteiger partial charge in [-0.3, -0.25) is 4.79 Å². The third-order valence-corrected chi connectivity index (χ3v) is 3.50. The Kier molecular flexibility index (Phi) is 3.54. The molecule has 4 heteroatoms. The topological polar surface area (TPSA) is 33.5 Å². The highest BCUT2D eigenvalue weighted by molar-refractivity contribution is 6.32. The first-order chi connectivity index (χ1) is 7.74. The summed E-state index contributed by atoms with van der Waals surface area (Å²) in [6, 6.07) is 2.00. The molecule has 0 spiro atoms. The molecular formula is C12H16ClNO2. The van der Waals surface area contributed by atoms with Crippen LogP contribution in [0.2, 0.25) is 5.22 Å². The van der Waals surface area contributed by atoms with Crippen molar-refractivity contribution < 1.29 is 9.21 Å². The second-order valence-corrected chi connectivity index (χ2v) is 4.51. The van der Waals surface area contributed by atoms with Crippen molar-refractivity contribution >= 4 is 17.5 Å². The van der Waals surface area contributed by atoms with Gasteiger partial charge in [-0.15, -0.1) is 0 Å². The number of halogens is 1. The zero-order valence-electron chi connectivity index (χ0n) is 9.41. The summed E-state index contributed by atoms with van der Waals surface area (Å²) < 4.78 is 4.96. The Labute approximate surface area is 100 Å². The molecule has 1 saturated heterocycles. The molecule has 0 radical (unpaired) electrons. The van der Waals surface area contributed by atoms with Crippen molar-refractivity contribution in [1.82, 2.24) is 4.90 Å². The zero-order chi connectivity index (χ0) is 11.5. The molecule has 0 N–H and O–H groups in total. The van der Waals surface area contributed by atoms with Gasteiger partial charge in [0.05, 0.1) is 11.8 Å². The number of hydrogen-bond donors (Lipinski definition) is 0. The van der Waals surface area contributed by atoms with Crippen LogP contribution in [-0.4, -0.2) is 23.4 Å². The fourth-order valence-electron chi connectivity index (χ4n) is 2.29. The molecule has 1 amide bonds. The van der Waals surface area contributed by atoms with Gasteiger partial charge >= 0.3 is 0 Å². The van der Waals surface area contributed by atoms with Gasteiger partial charge in [-0.1, -0.05) is 6.92 Å². The van der Waals surface area contributed by atoms with Crippen molar-refractivity contribution in [3.8, 4) is 0 Å². The summed E-state index contributed by atoms with van der Waals surface area (Å²) in [7, 11) is 0. The van der Waals surface area contributed by atoms with Gasteiger partial charge in [0.2, 0.25) is 5.22 Å². The fourth-order valence-corrected chi connectivity index (χ4v) is 2.49. The summed E-state index contributed by atoms with van der Waals surface area (Å²) in [6.07, 6.45) is 5.85. The predicted molar refractivity (Wildman–Crippen MR) is 62.7 cm³/mol. The van der Waals surface area contributed by atoms with E-state index in [-0.39, 0.29) is 11.1 Å². The molecule has 2 rings (SSSR count). The maximum Gasteiger partial charge on any atom is 0.258 e. The summed E-state index contributed by atoms with van der Waals surface area (Å²) in [5.41, 5.74) is 0.488. The van der Waals surface area contributed by atoms with Crippen LogP contribution in [0.15, 0.2) is 16.7 Å². The van der Waals surface area contributed by atoms with Crippen molar-refractivity contribution in [3.05, 3.63) is 23.1 Å². The SMILES string of the molecule is CCC1CCCCN1C(=O)c1ccoc1Cl. The average Bonchev–Trinajstić information content (AvgIpc) is 2.74. The Hall–Kier alpha value is -0.960. The minimum absolute atomic E-state index is 0.00491. The molecule has 1 aromatic heterocycles. The van der Waals surface area contributed by atoms with Crippen molar-refractivity contribution in [2.24, 2.45) is 0 Å². The van der Waals surface area contributed by atoms with Gasteiger partial charge in [0.15, 0.2) is 0 Å². The number of carbonyl (C=O) groups is 1. The quantitative estimate of drug-likeness (QED) is 0.796. The van der Waals surface area contributed by atoms with Gasteiger partial charge < -0.3 is 9.32 Å². The van der Waals surface area contributed by atoms with E-state index in [2.05, 4.69) is 6.92 Å². The van der Waals surface area contributed by atoms with Crippen LogP contribution < -0.4 is 0 Å². The van der Waals surface area contributed by atoms with Crippen molar-refractivity contribution in [2.75, 3.05) is 6.54 Å². The summed E-state index contributed by atoms with van der Waals surface area (Å²) in [5.74, 6) is 0.00491. The number of nitrogens with zero attached hydrogens (tertiary/aromatic N) is 1. The first kappa shape index (κ1) is 11.5. The lowest BCUT2D eigenvalue weighted by atomic mass is 9.99. The molecule has 16 heavy (non-hydrogen) atoms. The van der Waals surface area contributed by atoms with Crippen LogP contribution in [0, 0.1) is 0 Å². The monoisotopic (exact) mass is 241 g/mol. The fraction of sp³-hybridized carbons (Fsp3) is 0.583. The molecule has 1 atom stereocenters. The van der Waals surface area contributed by atoms with Gasteiger partial charge in [0.25, 0.3) is 5.91 Å². The second kappa shape index (κ2) is 4.91. The lowest BCUT2D eigenvalue weighted by Gasteiger charge is -2.35. The molecule has 0 saturated carbocycles. The number of furan rings is 1. The molecular weight excluding hydrogens is 226 g/mol. The highest BCUT2D eigenvalue weighted by Crippen LogP contribution is 2.25. The summed E-state index contributed by atoms with van der Waals surface area (Å²) >= 11 is 5.83. The van der Waals surface area contributed by atoms with E-state index in [1.807, 2.05) is 4.90 Å². The van der Waals surface area contributed by atoms with E-state index in [4.69, 9.17) is 16.0 Å². The number of carbonyl (C=O) groups excluding carboxylic acids is 1. The van der Waals surface area contributed by atoms with Crippen LogP contribution in [0.1, 0.15) is 43.0 Å². The maximum atomic E-state index is 12.2. The lowest BCUT2D eigenvalue weighted by Crippen LogP contribution is -2.43. The van der Waals surface area contributed by atoms with E-state index in [1.165, 1.54) is 12.7 Å². The standard InChI is InChI=1S/C12H16ClNO2/c1-2-9-5-3-4-7-14(9)12(15)10-6-8-16-11(10)13/h6,8-9H,2-5,7H2,1H3. The van der Waals surface area contributed by atoms with E-state index in [9.17, 15) is 4.79 Å². The third kappa shape index (κ3) is 2.09. The Balaban J connectivity index is 2.17. The van der Waals surface area contributed by atoms with Crippen LogP contribution in [-0.2, 0) is 0 Å². The smallest absolute Gasteiger partial charge is 0.258 e. The number of hydrogen-bond acceptors (Lipinski definition) is 2. The normalized spacial score (nSPS) is 21.1. The van der Waals surface area contributed by atoms with Crippen LogP contribution in [0.3, 0.4) is 0 Å². The van der Waals surface area contributed by atoms with Crippen LogP contribution in [0.4, 0.5) is 0 Å². The van der Waals surface area contributed by atoms with Gasteiger partial charge in [-0.2, -0.15) is 0 Å². The molecule has 1 unspecified atom stereocenters. The minimum Gasteiger partial charge on any atom is -0.452 e. The first-order valence-corrected chi connectivity index (χ1v) is 6.15. The van der Waals surface area contributed by atoms with Crippen molar-refractivity contribution in [1.29, 1.82) is 0 Å². The molecule has 3 nitrogen and oxygen atoms in total. The van der Waals surface area contributed by atoms with E-state index < -0.39 is 0 Å². The molecule has 0 bridgehead atoms.